The maximum atomic E-state index is 14.7. The van der Waals surface area contributed by atoms with Gasteiger partial charge in [0.05, 0.1) is 28.3 Å². The summed E-state index contributed by atoms with van der Waals surface area (Å²) in [6.07, 6.45) is 0. The zero-order chi connectivity index (χ0) is 24.8. The van der Waals surface area contributed by atoms with Gasteiger partial charge in [0.25, 0.3) is 15.9 Å². The molecule has 1 N–H and O–H groups in total. The van der Waals surface area contributed by atoms with Crippen LogP contribution in [0, 0.1) is 40.7 Å². The Bertz CT molecular complexity index is 1440. The number of benzene rings is 3. The smallest absolute Gasteiger partial charge is 0.337 e. The number of ether oxygens (including phenoxy) is 1. The van der Waals surface area contributed by atoms with Crippen molar-refractivity contribution in [2.75, 3.05) is 7.11 Å². The van der Waals surface area contributed by atoms with E-state index in [4.69, 9.17) is 0 Å². The molecule has 3 rings (SSSR count). The zero-order valence-electron chi connectivity index (χ0n) is 15.9. The number of amides is 1. The molecule has 0 aliphatic rings. The summed E-state index contributed by atoms with van der Waals surface area (Å²) in [5.41, 5.74) is -2.14. The van der Waals surface area contributed by atoms with Crippen molar-refractivity contribution in [3.63, 3.8) is 0 Å². The Morgan fingerprint density at radius 1 is 0.727 bits per heavy atom. The third kappa shape index (κ3) is 3.86. The van der Waals surface area contributed by atoms with Crippen LogP contribution >= 0.6 is 0 Å². The summed E-state index contributed by atoms with van der Waals surface area (Å²) in [7, 11) is -3.85. The number of carbonyl (C=O) groups is 2. The second kappa shape index (κ2) is 8.35. The van der Waals surface area contributed by atoms with Crippen molar-refractivity contribution in [2.45, 2.75) is 4.90 Å². The molecule has 0 bridgehead atoms. The highest BCUT2D eigenvalue weighted by Gasteiger charge is 2.34. The molecule has 0 radical (unpaired) electrons. The highest BCUT2D eigenvalue weighted by molar-refractivity contribution is 7.90. The molecule has 33 heavy (non-hydrogen) atoms. The summed E-state index contributed by atoms with van der Waals surface area (Å²) >= 11 is 0. The fraction of sp³-hybridized carbons (Fsp3) is 0.0526. The van der Waals surface area contributed by atoms with E-state index in [1.54, 1.807) is 0 Å². The molecule has 1 amide bonds. The number of hydrogen-bond acceptors (Lipinski definition) is 5. The molecule has 0 aromatic heterocycles. The molecule has 174 valence electrons. The van der Waals surface area contributed by atoms with Crippen LogP contribution in [0.2, 0.25) is 0 Å². The van der Waals surface area contributed by atoms with Crippen LogP contribution in [-0.4, -0.2) is 27.4 Å². The molecular formula is C19H8F7NO5S. The summed E-state index contributed by atoms with van der Waals surface area (Å²) in [4.78, 5) is 22.9. The van der Waals surface area contributed by atoms with Gasteiger partial charge in [-0.15, -0.1) is 0 Å². The lowest BCUT2D eigenvalue weighted by molar-refractivity contribution is 0.0600. The maximum Gasteiger partial charge on any atom is 0.337 e. The number of esters is 1. The van der Waals surface area contributed by atoms with Crippen LogP contribution in [-0.2, 0) is 14.8 Å². The molecule has 0 fully saturated rings. The molecule has 0 aliphatic carbocycles. The standard InChI is InChI=1S/C19H8F7NO5S/c1-32-19(29)6-2-4-7(5-3-6)33(30,31)27-18(28)10-11(20)8-9(12(21)15(10)24)14(23)17(26)16(25)13(8)22/h2-5H,1H3,(H,27,28). The Labute approximate surface area is 179 Å². The molecule has 6 nitrogen and oxygen atoms in total. The molecule has 0 saturated carbocycles. The van der Waals surface area contributed by atoms with Gasteiger partial charge in [-0.2, -0.15) is 0 Å². The Morgan fingerprint density at radius 2 is 1.18 bits per heavy atom. The van der Waals surface area contributed by atoms with Crippen LogP contribution in [0.1, 0.15) is 20.7 Å². The van der Waals surface area contributed by atoms with Gasteiger partial charge < -0.3 is 4.74 Å². The maximum absolute atomic E-state index is 14.7. The van der Waals surface area contributed by atoms with Crippen LogP contribution in [0.15, 0.2) is 29.2 Å². The van der Waals surface area contributed by atoms with Crippen LogP contribution in [0.3, 0.4) is 0 Å². The third-order valence-electron chi connectivity index (χ3n) is 4.38. The van der Waals surface area contributed by atoms with Crippen molar-refractivity contribution >= 4 is 32.7 Å². The first-order valence-electron chi connectivity index (χ1n) is 8.41. The Morgan fingerprint density at radius 3 is 1.67 bits per heavy atom. The number of sulfonamides is 1. The topological polar surface area (TPSA) is 89.5 Å². The summed E-state index contributed by atoms with van der Waals surface area (Å²) in [6.45, 7) is 0. The SMILES string of the molecule is COC(=O)c1ccc(S(=O)(=O)NC(=O)c2c(F)c(F)c3c(F)c(F)c(F)c(F)c3c2F)cc1. The molecule has 14 heteroatoms. The highest BCUT2D eigenvalue weighted by atomic mass is 32.2. The number of nitrogens with one attached hydrogen (secondary N) is 1. The lowest BCUT2D eigenvalue weighted by Gasteiger charge is -2.13. The fourth-order valence-corrected chi connectivity index (χ4v) is 3.76. The van der Waals surface area contributed by atoms with Gasteiger partial charge in [0.1, 0.15) is 11.4 Å². The molecule has 0 saturated heterocycles. The second-order valence-corrected chi connectivity index (χ2v) is 7.96. The van der Waals surface area contributed by atoms with Crippen molar-refractivity contribution in [1.82, 2.24) is 4.72 Å². The third-order valence-corrected chi connectivity index (χ3v) is 5.72. The largest absolute Gasteiger partial charge is 0.465 e. The van der Waals surface area contributed by atoms with E-state index in [1.165, 1.54) is 4.72 Å². The summed E-state index contributed by atoms with van der Waals surface area (Å²) in [5.74, 6) is -20.4. The van der Waals surface area contributed by atoms with E-state index >= 15 is 0 Å². The highest BCUT2D eigenvalue weighted by Crippen LogP contribution is 2.34. The lowest BCUT2D eigenvalue weighted by Crippen LogP contribution is -2.32. The lowest BCUT2D eigenvalue weighted by atomic mass is 10.0. The Balaban J connectivity index is 2.12. The van der Waals surface area contributed by atoms with Gasteiger partial charge in [0.15, 0.2) is 34.9 Å². The number of rotatable bonds is 4. The molecule has 3 aromatic rings. The van der Waals surface area contributed by atoms with Crippen LogP contribution in [0.25, 0.3) is 10.8 Å². The van der Waals surface area contributed by atoms with Gasteiger partial charge in [-0.05, 0) is 24.3 Å². The molecule has 0 aliphatic heterocycles. The van der Waals surface area contributed by atoms with E-state index < -0.39 is 83.9 Å². The summed E-state index contributed by atoms with van der Waals surface area (Å²) < 4.78 is 128. The van der Waals surface area contributed by atoms with Gasteiger partial charge in [0.2, 0.25) is 0 Å². The number of methoxy groups -OCH3 is 1. The first-order chi connectivity index (χ1) is 15.3. The average Bonchev–Trinajstić information content (AvgIpc) is 2.77. The van der Waals surface area contributed by atoms with Crippen LogP contribution in [0.4, 0.5) is 30.7 Å². The predicted molar refractivity (Wildman–Crippen MR) is 96.1 cm³/mol. The minimum Gasteiger partial charge on any atom is -0.465 e. The number of carbonyl (C=O) groups excluding carboxylic acids is 2. The molecule has 0 spiro atoms. The van der Waals surface area contributed by atoms with E-state index in [1.807, 2.05) is 0 Å². The van der Waals surface area contributed by atoms with Crippen molar-refractivity contribution < 1.29 is 53.5 Å². The number of halogens is 7. The molecule has 0 heterocycles. The first-order valence-corrected chi connectivity index (χ1v) is 9.89. The second-order valence-electron chi connectivity index (χ2n) is 6.27. The predicted octanol–water partition coefficient (Wildman–Crippen LogP) is 3.72. The monoisotopic (exact) mass is 495 g/mol. The number of hydrogen-bond donors (Lipinski definition) is 1. The zero-order valence-corrected chi connectivity index (χ0v) is 16.7. The Kier molecular flexibility index (Phi) is 6.06. The Hall–Kier alpha value is -3.68. The van der Waals surface area contributed by atoms with Gasteiger partial charge >= 0.3 is 5.97 Å². The first kappa shape index (κ1) is 24.0. The molecule has 0 unspecified atom stereocenters. The van der Waals surface area contributed by atoms with Gasteiger partial charge in [-0.3, -0.25) is 4.79 Å². The van der Waals surface area contributed by atoms with Gasteiger partial charge in [-0.25, -0.2) is 48.7 Å². The average molecular weight is 495 g/mol. The van der Waals surface area contributed by atoms with Crippen molar-refractivity contribution in [3.8, 4) is 0 Å². The molecule has 0 atom stereocenters. The minimum atomic E-state index is -4.90. The van der Waals surface area contributed by atoms with Crippen LogP contribution in [0.5, 0.6) is 0 Å². The summed E-state index contributed by atoms with van der Waals surface area (Å²) in [6, 6.07) is 3.56. The molecule has 3 aromatic carbocycles. The minimum absolute atomic E-state index is 0.0942. The molecular weight excluding hydrogens is 487 g/mol. The van der Waals surface area contributed by atoms with Crippen molar-refractivity contribution in [2.24, 2.45) is 0 Å². The quantitative estimate of drug-likeness (QED) is 0.258. The van der Waals surface area contributed by atoms with E-state index in [0.717, 1.165) is 31.4 Å². The van der Waals surface area contributed by atoms with Crippen molar-refractivity contribution in [3.05, 3.63) is 76.1 Å². The summed E-state index contributed by atoms with van der Waals surface area (Å²) in [5, 5.41) is -3.91. The fourth-order valence-electron chi connectivity index (χ4n) is 2.80. The van der Waals surface area contributed by atoms with E-state index in [-0.39, 0.29) is 5.56 Å². The number of fused-ring (bicyclic) bond motifs is 1. The van der Waals surface area contributed by atoms with E-state index in [9.17, 15) is 48.7 Å². The normalized spacial score (nSPS) is 11.5. The van der Waals surface area contributed by atoms with Gasteiger partial charge in [0, 0.05) is 0 Å². The van der Waals surface area contributed by atoms with Gasteiger partial charge in [-0.1, -0.05) is 0 Å². The van der Waals surface area contributed by atoms with Crippen LogP contribution < -0.4 is 4.72 Å². The van der Waals surface area contributed by atoms with E-state index in [0.29, 0.717) is 0 Å². The van der Waals surface area contributed by atoms with E-state index in [2.05, 4.69) is 4.74 Å². The van der Waals surface area contributed by atoms with Crippen molar-refractivity contribution in [1.29, 1.82) is 0 Å².